The van der Waals surface area contributed by atoms with Crippen LogP contribution >= 0.6 is 0 Å². The maximum atomic E-state index is 12.8. The fraction of sp³-hybridized carbons (Fsp3) is 0. The molecule has 0 fully saturated rings. The van der Waals surface area contributed by atoms with E-state index in [1.54, 1.807) is 24.5 Å². The SMILES string of the molecule is Fc1ccc(-c2[c]c3nccnc3[nH]2)cc1. The second kappa shape index (κ2) is 3.41. The highest BCUT2D eigenvalue weighted by Crippen LogP contribution is 2.20. The van der Waals surface area contributed by atoms with Crippen molar-refractivity contribution in [2.45, 2.75) is 0 Å². The minimum absolute atomic E-state index is 0.254. The molecule has 0 amide bonds. The Morgan fingerprint density at radius 3 is 2.56 bits per heavy atom. The van der Waals surface area contributed by atoms with Gasteiger partial charge in [-0.1, -0.05) is 0 Å². The molecule has 0 aliphatic heterocycles. The van der Waals surface area contributed by atoms with Crippen molar-refractivity contribution < 1.29 is 4.39 Å². The van der Waals surface area contributed by atoms with Gasteiger partial charge in [-0.3, -0.25) is 4.98 Å². The Morgan fingerprint density at radius 1 is 1.06 bits per heavy atom. The first-order valence-electron chi connectivity index (χ1n) is 4.81. The highest BCUT2D eigenvalue weighted by molar-refractivity contribution is 5.78. The van der Waals surface area contributed by atoms with Gasteiger partial charge in [0.2, 0.25) is 0 Å². The summed E-state index contributed by atoms with van der Waals surface area (Å²) >= 11 is 0. The number of nitrogens with one attached hydrogen (secondary N) is 1. The van der Waals surface area contributed by atoms with Gasteiger partial charge < -0.3 is 4.98 Å². The van der Waals surface area contributed by atoms with Crippen molar-refractivity contribution in [3.8, 4) is 11.3 Å². The van der Waals surface area contributed by atoms with Crippen LogP contribution in [0.5, 0.6) is 0 Å². The number of fused-ring (bicyclic) bond motifs is 1. The van der Waals surface area contributed by atoms with Gasteiger partial charge in [-0.2, -0.15) is 0 Å². The van der Waals surface area contributed by atoms with Crippen LogP contribution in [-0.4, -0.2) is 15.0 Å². The molecule has 0 spiro atoms. The smallest absolute Gasteiger partial charge is 0.157 e. The number of halogens is 1. The molecule has 0 aliphatic rings. The van der Waals surface area contributed by atoms with E-state index < -0.39 is 0 Å². The molecule has 4 heteroatoms. The van der Waals surface area contributed by atoms with Gasteiger partial charge in [-0.25, -0.2) is 9.37 Å². The maximum absolute atomic E-state index is 12.8. The molecular formula is C12H7FN3. The van der Waals surface area contributed by atoms with Crippen molar-refractivity contribution in [1.82, 2.24) is 15.0 Å². The fourth-order valence-corrected chi connectivity index (χ4v) is 1.55. The Balaban J connectivity index is 2.15. The second-order valence-corrected chi connectivity index (χ2v) is 3.39. The monoisotopic (exact) mass is 212 g/mol. The number of hydrogen-bond donors (Lipinski definition) is 1. The third kappa shape index (κ3) is 1.44. The zero-order chi connectivity index (χ0) is 11.0. The second-order valence-electron chi connectivity index (χ2n) is 3.39. The number of aromatic nitrogens is 3. The third-order valence-electron chi connectivity index (χ3n) is 2.32. The minimum atomic E-state index is -0.254. The lowest BCUT2D eigenvalue weighted by Crippen LogP contribution is -1.79. The first-order valence-corrected chi connectivity index (χ1v) is 4.81. The Bertz CT molecular complexity index is 595. The highest BCUT2D eigenvalue weighted by Gasteiger charge is 2.04. The molecule has 3 nitrogen and oxygen atoms in total. The summed E-state index contributed by atoms with van der Waals surface area (Å²) < 4.78 is 12.8. The summed E-state index contributed by atoms with van der Waals surface area (Å²) in [6.45, 7) is 0. The third-order valence-corrected chi connectivity index (χ3v) is 2.32. The van der Waals surface area contributed by atoms with E-state index in [1.165, 1.54) is 12.1 Å². The summed E-state index contributed by atoms with van der Waals surface area (Å²) in [4.78, 5) is 11.3. The van der Waals surface area contributed by atoms with E-state index in [2.05, 4.69) is 21.0 Å². The predicted molar refractivity (Wildman–Crippen MR) is 58.1 cm³/mol. The standard InChI is InChI=1S/C12H7FN3/c13-9-3-1-8(2-4-9)10-7-11-12(16-10)15-6-5-14-11/h1-6H,(H,15,16). The normalized spacial score (nSPS) is 10.8. The molecule has 2 aromatic heterocycles. The summed E-state index contributed by atoms with van der Waals surface area (Å²) in [7, 11) is 0. The average Bonchev–Trinajstić information content (AvgIpc) is 2.73. The van der Waals surface area contributed by atoms with Crippen molar-refractivity contribution in [1.29, 1.82) is 0 Å². The average molecular weight is 212 g/mol. The van der Waals surface area contributed by atoms with Crippen molar-refractivity contribution in [2.75, 3.05) is 0 Å². The molecule has 3 rings (SSSR count). The molecule has 1 N–H and O–H groups in total. The molecule has 0 aliphatic carbocycles. The fourth-order valence-electron chi connectivity index (χ4n) is 1.55. The maximum Gasteiger partial charge on any atom is 0.157 e. The van der Waals surface area contributed by atoms with Crippen LogP contribution in [0.1, 0.15) is 0 Å². The first kappa shape index (κ1) is 9.03. The van der Waals surface area contributed by atoms with Crippen LogP contribution in [0.25, 0.3) is 22.4 Å². The van der Waals surface area contributed by atoms with Gasteiger partial charge in [-0.05, 0) is 29.8 Å². The van der Waals surface area contributed by atoms with E-state index in [9.17, 15) is 4.39 Å². The van der Waals surface area contributed by atoms with Crippen LogP contribution in [0.2, 0.25) is 0 Å². The molecule has 16 heavy (non-hydrogen) atoms. The zero-order valence-electron chi connectivity index (χ0n) is 8.24. The lowest BCUT2D eigenvalue weighted by Gasteiger charge is -1.95. The summed E-state index contributed by atoms with van der Waals surface area (Å²) in [5, 5.41) is 0. The van der Waals surface area contributed by atoms with Gasteiger partial charge in [0.1, 0.15) is 11.3 Å². The lowest BCUT2D eigenvalue weighted by molar-refractivity contribution is 0.628. The molecule has 77 valence electrons. The number of benzene rings is 1. The van der Waals surface area contributed by atoms with E-state index in [-0.39, 0.29) is 5.82 Å². The predicted octanol–water partition coefficient (Wildman–Crippen LogP) is 2.56. The van der Waals surface area contributed by atoms with Crippen molar-refractivity contribution in [3.63, 3.8) is 0 Å². The van der Waals surface area contributed by atoms with Crippen molar-refractivity contribution in [2.24, 2.45) is 0 Å². The van der Waals surface area contributed by atoms with Gasteiger partial charge in [0.05, 0.1) is 5.69 Å². The van der Waals surface area contributed by atoms with Gasteiger partial charge >= 0.3 is 0 Å². The number of nitrogens with zero attached hydrogens (tertiary/aromatic N) is 2. The molecular weight excluding hydrogens is 205 g/mol. The number of H-pyrrole nitrogens is 1. The highest BCUT2D eigenvalue weighted by atomic mass is 19.1. The van der Waals surface area contributed by atoms with E-state index in [0.717, 1.165) is 11.3 Å². The van der Waals surface area contributed by atoms with E-state index >= 15 is 0 Å². The van der Waals surface area contributed by atoms with Crippen molar-refractivity contribution in [3.05, 3.63) is 48.5 Å². The van der Waals surface area contributed by atoms with Gasteiger partial charge in [0.25, 0.3) is 0 Å². The Hall–Kier alpha value is -2.23. The molecule has 0 unspecified atom stereocenters. The van der Waals surface area contributed by atoms with Gasteiger partial charge in [0.15, 0.2) is 5.65 Å². The quantitative estimate of drug-likeness (QED) is 0.673. The summed E-state index contributed by atoms with van der Waals surface area (Å²) in [5.74, 6) is -0.254. The van der Waals surface area contributed by atoms with Crippen LogP contribution in [0.4, 0.5) is 4.39 Å². The van der Waals surface area contributed by atoms with Crippen molar-refractivity contribution >= 4 is 11.2 Å². The number of aromatic amines is 1. The van der Waals surface area contributed by atoms with Crippen LogP contribution < -0.4 is 0 Å². The lowest BCUT2D eigenvalue weighted by atomic mass is 10.1. The van der Waals surface area contributed by atoms with Gasteiger partial charge in [0, 0.05) is 18.5 Å². The van der Waals surface area contributed by atoms with E-state index in [1.807, 2.05) is 0 Å². The molecule has 0 bridgehead atoms. The van der Waals surface area contributed by atoms with Crippen LogP contribution in [0.15, 0.2) is 36.7 Å². The molecule has 0 saturated heterocycles. The molecule has 2 heterocycles. The Morgan fingerprint density at radius 2 is 1.81 bits per heavy atom. The number of rotatable bonds is 1. The first-order chi connectivity index (χ1) is 7.83. The Labute approximate surface area is 91.0 Å². The molecule has 1 aromatic carbocycles. The molecule has 0 atom stereocenters. The number of hydrogen-bond acceptors (Lipinski definition) is 2. The van der Waals surface area contributed by atoms with Crippen LogP contribution in [0, 0.1) is 11.9 Å². The zero-order valence-corrected chi connectivity index (χ0v) is 8.24. The molecule has 3 aromatic rings. The van der Waals surface area contributed by atoms with Crippen LogP contribution in [0.3, 0.4) is 0 Å². The summed E-state index contributed by atoms with van der Waals surface area (Å²) in [6, 6.07) is 9.29. The minimum Gasteiger partial charge on any atom is -0.337 e. The van der Waals surface area contributed by atoms with Crippen LogP contribution in [-0.2, 0) is 0 Å². The van der Waals surface area contributed by atoms with E-state index in [0.29, 0.717) is 11.2 Å². The molecule has 1 radical (unpaired) electrons. The molecule has 0 saturated carbocycles. The summed E-state index contributed by atoms with van der Waals surface area (Å²) in [5.41, 5.74) is 2.99. The summed E-state index contributed by atoms with van der Waals surface area (Å²) in [6.07, 6.45) is 3.22. The Kier molecular flexibility index (Phi) is 1.93. The van der Waals surface area contributed by atoms with Gasteiger partial charge in [-0.15, -0.1) is 0 Å². The topological polar surface area (TPSA) is 41.6 Å². The largest absolute Gasteiger partial charge is 0.337 e. The van der Waals surface area contributed by atoms with E-state index in [4.69, 9.17) is 0 Å².